The van der Waals surface area contributed by atoms with Crippen LogP contribution >= 0.6 is 0 Å². The summed E-state index contributed by atoms with van der Waals surface area (Å²) in [7, 11) is 0. The molecule has 2 N–H and O–H groups in total. The van der Waals surface area contributed by atoms with Crippen molar-refractivity contribution < 1.29 is 0 Å². The van der Waals surface area contributed by atoms with E-state index in [1.807, 2.05) is 0 Å². The minimum atomic E-state index is -0.100. The molecule has 190 valence electrons. The highest BCUT2D eigenvalue weighted by Gasteiger charge is 2.31. The number of benzene rings is 2. The lowest BCUT2D eigenvalue weighted by Gasteiger charge is -2.22. The second kappa shape index (κ2) is 10.2. The molecule has 0 radical (unpaired) electrons. The highest BCUT2D eigenvalue weighted by molar-refractivity contribution is 6.07. The van der Waals surface area contributed by atoms with Gasteiger partial charge in [0.15, 0.2) is 5.82 Å². The standard InChI is InChI=1S/C31H41N5/c1-6-7-12-27-34-28-29(25-10-8-9-11-26(25)33-30(28)35-31(3,4)5)36(27)20-23-15-13-22(14-16-23)18-32-19-24-17-21(24)2/h8-11,13-16,21,24,32H,6-7,12,17-20H2,1-5H3,(H,33,35). The van der Waals surface area contributed by atoms with Crippen molar-refractivity contribution in [1.29, 1.82) is 0 Å². The van der Waals surface area contributed by atoms with Gasteiger partial charge in [-0.15, -0.1) is 0 Å². The lowest BCUT2D eigenvalue weighted by molar-refractivity contribution is 0.612. The van der Waals surface area contributed by atoms with E-state index in [9.17, 15) is 0 Å². The van der Waals surface area contributed by atoms with E-state index in [0.717, 1.165) is 78.8 Å². The van der Waals surface area contributed by atoms with Gasteiger partial charge in [0.2, 0.25) is 0 Å². The van der Waals surface area contributed by atoms with Crippen LogP contribution in [0.3, 0.4) is 0 Å². The summed E-state index contributed by atoms with van der Waals surface area (Å²) in [6.07, 6.45) is 4.62. The molecule has 2 atom stereocenters. The first-order chi connectivity index (χ1) is 17.3. The number of nitrogens with zero attached hydrogens (tertiary/aromatic N) is 3. The average Bonchev–Trinajstić information content (AvgIpc) is 3.42. The molecule has 2 aromatic heterocycles. The van der Waals surface area contributed by atoms with Gasteiger partial charge >= 0.3 is 0 Å². The van der Waals surface area contributed by atoms with E-state index in [1.165, 1.54) is 23.1 Å². The highest BCUT2D eigenvalue weighted by Crippen LogP contribution is 2.37. The fourth-order valence-corrected chi connectivity index (χ4v) is 5.05. The van der Waals surface area contributed by atoms with Crippen molar-refractivity contribution in [3.05, 3.63) is 65.5 Å². The largest absolute Gasteiger partial charge is 0.364 e. The van der Waals surface area contributed by atoms with Gasteiger partial charge in [-0.05, 0) is 69.2 Å². The smallest absolute Gasteiger partial charge is 0.155 e. The third-order valence-electron chi connectivity index (χ3n) is 7.29. The van der Waals surface area contributed by atoms with Crippen LogP contribution in [0.2, 0.25) is 0 Å². The van der Waals surface area contributed by atoms with Crippen LogP contribution in [0.1, 0.15) is 70.8 Å². The molecule has 0 amide bonds. The number of aryl methyl sites for hydroxylation is 1. The van der Waals surface area contributed by atoms with Crippen LogP contribution in [0.15, 0.2) is 48.5 Å². The highest BCUT2D eigenvalue weighted by atomic mass is 15.1. The second-order valence-corrected chi connectivity index (χ2v) is 11.7. The lowest BCUT2D eigenvalue weighted by Crippen LogP contribution is -2.26. The molecule has 0 bridgehead atoms. The third-order valence-corrected chi connectivity index (χ3v) is 7.29. The van der Waals surface area contributed by atoms with Gasteiger partial charge in [0.1, 0.15) is 11.3 Å². The molecule has 0 aliphatic heterocycles. The summed E-state index contributed by atoms with van der Waals surface area (Å²) in [5.41, 5.74) is 5.72. The molecule has 4 aromatic rings. The molecule has 5 nitrogen and oxygen atoms in total. The van der Waals surface area contributed by atoms with Gasteiger partial charge in [-0.1, -0.05) is 62.7 Å². The molecular formula is C31H41N5. The molecule has 5 rings (SSSR count). The van der Waals surface area contributed by atoms with Crippen LogP contribution in [0.5, 0.6) is 0 Å². The van der Waals surface area contributed by atoms with Crippen LogP contribution in [0.25, 0.3) is 21.9 Å². The predicted octanol–water partition coefficient (Wildman–Crippen LogP) is 6.93. The number of anilines is 1. The van der Waals surface area contributed by atoms with E-state index >= 15 is 0 Å². The average molecular weight is 484 g/mol. The maximum absolute atomic E-state index is 5.20. The zero-order valence-corrected chi connectivity index (χ0v) is 22.6. The first kappa shape index (κ1) is 24.8. The van der Waals surface area contributed by atoms with Gasteiger partial charge < -0.3 is 15.2 Å². The van der Waals surface area contributed by atoms with Crippen molar-refractivity contribution in [3.63, 3.8) is 0 Å². The molecule has 0 saturated heterocycles. The molecule has 5 heteroatoms. The Labute approximate surface area is 215 Å². The summed E-state index contributed by atoms with van der Waals surface area (Å²) >= 11 is 0. The fraction of sp³-hybridized carbons (Fsp3) is 0.484. The SMILES string of the molecule is CCCCc1nc2c(NC(C)(C)C)nc3ccccc3c2n1Cc1ccc(CNCC2CC2C)cc1. The maximum atomic E-state index is 5.20. The maximum Gasteiger partial charge on any atom is 0.155 e. The number of aromatic nitrogens is 3. The Hall–Kier alpha value is -2.92. The number of para-hydroxylation sites is 1. The molecule has 1 aliphatic rings. The van der Waals surface area contributed by atoms with Crippen LogP contribution in [0.4, 0.5) is 5.82 Å². The van der Waals surface area contributed by atoms with Gasteiger partial charge in [0, 0.05) is 30.4 Å². The van der Waals surface area contributed by atoms with Gasteiger partial charge in [-0.3, -0.25) is 0 Å². The number of pyridine rings is 1. The molecule has 2 aromatic carbocycles. The van der Waals surface area contributed by atoms with E-state index in [2.05, 4.69) is 98.4 Å². The number of rotatable bonds is 10. The normalized spacial score (nSPS) is 17.7. The number of fused-ring (bicyclic) bond motifs is 3. The minimum Gasteiger partial charge on any atom is -0.364 e. The number of imidazole rings is 1. The molecule has 1 aliphatic carbocycles. The zero-order valence-electron chi connectivity index (χ0n) is 22.6. The third kappa shape index (κ3) is 5.57. The predicted molar refractivity (Wildman–Crippen MR) is 152 cm³/mol. The Balaban J connectivity index is 1.50. The van der Waals surface area contributed by atoms with Crippen LogP contribution in [0, 0.1) is 11.8 Å². The topological polar surface area (TPSA) is 54.8 Å². The quantitative estimate of drug-likeness (QED) is 0.257. The lowest BCUT2D eigenvalue weighted by atomic mass is 10.1. The van der Waals surface area contributed by atoms with Gasteiger partial charge in [0.05, 0.1) is 11.0 Å². The molecule has 2 heterocycles. The minimum absolute atomic E-state index is 0.100. The van der Waals surface area contributed by atoms with Gasteiger partial charge in [0.25, 0.3) is 0 Å². The van der Waals surface area contributed by atoms with Crippen LogP contribution < -0.4 is 10.6 Å². The number of unbranched alkanes of at least 4 members (excludes halogenated alkanes) is 1. The summed E-state index contributed by atoms with van der Waals surface area (Å²) in [6.45, 7) is 14.0. The Bertz CT molecular complexity index is 1330. The van der Waals surface area contributed by atoms with Crippen molar-refractivity contribution >= 4 is 27.8 Å². The Morgan fingerprint density at radius 3 is 2.42 bits per heavy atom. The van der Waals surface area contributed by atoms with E-state index in [1.54, 1.807) is 0 Å². The Morgan fingerprint density at radius 1 is 1.00 bits per heavy atom. The van der Waals surface area contributed by atoms with Gasteiger partial charge in [-0.2, -0.15) is 0 Å². The Kier molecular flexibility index (Phi) is 7.03. The van der Waals surface area contributed by atoms with E-state index in [-0.39, 0.29) is 5.54 Å². The number of hydrogen-bond acceptors (Lipinski definition) is 4. The van der Waals surface area contributed by atoms with Crippen LogP contribution in [-0.4, -0.2) is 26.6 Å². The summed E-state index contributed by atoms with van der Waals surface area (Å²) in [5, 5.41) is 8.42. The monoisotopic (exact) mass is 483 g/mol. The van der Waals surface area contributed by atoms with Crippen molar-refractivity contribution in [2.75, 3.05) is 11.9 Å². The van der Waals surface area contributed by atoms with Crippen molar-refractivity contribution in [2.24, 2.45) is 11.8 Å². The van der Waals surface area contributed by atoms with Crippen LogP contribution in [-0.2, 0) is 19.5 Å². The van der Waals surface area contributed by atoms with Gasteiger partial charge in [-0.25, -0.2) is 9.97 Å². The first-order valence-corrected chi connectivity index (χ1v) is 13.7. The van der Waals surface area contributed by atoms with Crippen molar-refractivity contribution in [3.8, 4) is 0 Å². The molecule has 36 heavy (non-hydrogen) atoms. The molecule has 2 unspecified atom stereocenters. The summed E-state index contributed by atoms with van der Waals surface area (Å²) in [4.78, 5) is 10.2. The molecule has 1 saturated carbocycles. The summed E-state index contributed by atoms with van der Waals surface area (Å²) in [6, 6.07) is 17.6. The zero-order chi connectivity index (χ0) is 25.3. The number of hydrogen-bond donors (Lipinski definition) is 2. The summed E-state index contributed by atoms with van der Waals surface area (Å²) < 4.78 is 2.44. The van der Waals surface area contributed by atoms with E-state index in [0.29, 0.717) is 0 Å². The fourth-order valence-electron chi connectivity index (χ4n) is 5.05. The second-order valence-electron chi connectivity index (χ2n) is 11.7. The summed E-state index contributed by atoms with van der Waals surface area (Å²) in [5.74, 6) is 3.80. The van der Waals surface area contributed by atoms with Crippen molar-refractivity contribution in [1.82, 2.24) is 19.9 Å². The molecule has 1 fully saturated rings. The molecule has 0 spiro atoms. The van der Waals surface area contributed by atoms with E-state index in [4.69, 9.17) is 9.97 Å². The first-order valence-electron chi connectivity index (χ1n) is 13.7. The van der Waals surface area contributed by atoms with E-state index < -0.39 is 0 Å². The molecular weight excluding hydrogens is 442 g/mol. The number of nitrogens with one attached hydrogen (secondary N) is 2. The van der Waals surface area contributed by atoms with Crippen molar-refractivity contribution in [2.45, 2.75) is 78.9 Å². The Morgan fingerprint density at radius 2 is 1.72 bits per heavy atom.